The standard InChI is InChI=1S/C11H16ClN3O3S/c1-4-13-7(16)6-15(5-2)11-14-9(12)8(19-11)10(17)18-3/h4-6H2,1-3H3,(H,13,16). The van der Waals surface area contributed by atoms with E-state index in [2.05, 4.69) is 15.0 Å². The van der Waals surface area contributed by atoms with Crippen molar-refractivity contribution in [2.45, 2.75) is 13.8 Å². The number of thiazole rings is 1. The second-order valence-electron chi connectivity index (χ2n) is 3.58. The Morgan fingerprint density at radius 3 is 2.68 bits per heavy atom. The zero-order valence-corrected chi connectivity index (χ0v) is 12.6. The van der Waals surface area contributed by atoms with Crippen LogP contribution in [0.5, 0.6) is 0 Å². The van der Waals surface area contributed by atoms with Crippen molar-refractivity contribution in [2.24, 2.45) is 0 Å². The Bertz CT molecular complexity index is 464. The average molecular weight is 306 g/mol. The minimum atomic E-state index is -0.525. The lowest BCUT2D eigenvalue weighted by molar-refractivity contribution is -0.119. The van der Waals surface area contributed by atoms with Gasteiger partial charge in [0.25, 0.3) is 0 Å². The van der Waals surface area contributed by atoms with Crippen LogP contribution in [-0.4, -0.2) is 43.6 Å². The number of carbonyl (C=O) groups is 2. The number of aromatic nitrogens is 1. The topological polar surface area (TPSA) is 71.5 Å². The molecular formula is C11H16ClN3O3S. The molecule has 1 amide bonds. The number of amides is 1. The third kappa shape index (κ3) is 4.07. The van der Waals surface area contributed by atoms with Crippen molar-refractivity contribution in [1.29, 1.82) is 0 Å². The Hall–Kier alpha value is -1.34. The lowest BCUT2D eigenvalue weighted by atomic mass is 10.5. The summed E-state index contributed by atoms with van der Waals surface area (Å²) in [4.78, 5) is 29.1. The SMILES string of the molecule is CCNC(=O)CN(CC)c1nc(Cl)c(C(=O)OC)s1. The number of likely N-dealkylation sites (N-methyl/N-ethyl adjacent to an activating group) is 2. The number of halogens is 1. The van der Waals surface area contributed by atoms with Gasteiger partial charge in [0.15, 0.2) is 15.2 Å². The first-order valence-electron chi connectivity index (χ1n) is 5.79. The molecule has 1 rings (SSSR count). The van der Waals surface area contributed by atoms with Crippen LogP contribution < -0.4 is 10.2 Å². The molecule has 0 unspecified atom stereocenters. The fourth-order valence-corrected chi connectivity index (χ4v) is 2.65. The van der Waals surface area contributed by atoms with Gasteiger partial charge in [-0.3, -0.25) is 4.79 Å². The summed E-state index contributed by atoms with van der Waals surface area (Å²) >= 11 is 7.00. The number of carbonyl (C=O) groups excluding carboxylic acids is 2. The van der Waals surface area contributed by atoms with Crippen LogP contribution in [0, 0.1) is 0 Å². The van der Waals surface area contributed by atoms with E-state index in [9.17, 15) is 9.59 Å². The van der Waals surface area contributed by atoms with Crippen LogP contribution in [0.15, 0.2) is 0 Å². The first-order chi connectivity index (χ1) is 9.03. The van der Waals surface area contributed by atoms with Crippen LogP contribution in [0.25, 0.3) is 0 Å². The number of hydrogen-bond donors (Lipinski definition) is 1. The normalized spacial score (nSPS) is 10.1. The molecule has 8 heteroatoms. The fourth-order valence-electron chi connectivity index (χ4n) is 1.39. The summed E-state index contributed by atoms with van der Waals surface area (Å²) in [5, 5.41) is 3.33. The monoisotopic (exact) mass is 305 g/mol. The molecule has 0 radical (unpaired) electrons. The second kappa shape index (κ2) is 7.30. The van der Waals surface area contributed by atoms with E-state index in [0.29, 0.717) is 18.2 Å². The Kier molecular flexibility index (Phi) is 6.04. The van der Waals surface area contributed by atoms with Gasteiger partial charge in [0, 0.05) is 13.1 Å². The van der Waals surface area contributed by atoms with E-state index >= 15 is 0 Å². The quantitative estimate of drug-likeness (QED) is 0.807. The van der Waals surface area contributed by atoms with Crippen LogP contribution >= 0.6 is 22.9 Å². The molecule has 1 N–H and O–H groups in total. The summed E-state index contributed by atoms with van der Waals surface area (Å²) in [6.07, 6.45) is 0. The summed E-state index contributed by atoms with van der Waals surface area (Å²) in [5.74, 6) is -0.627. The van der Waals surface area contributed by atoms with E-state index < -0.39 is 5.97 Å². The number of ether oxygens (including phenoxy) is 1. The van der Waals surface area contributed by atoms with Crippen molar-refractivity contribution in [2.75, 3.05) is 31.6 Å². The molecule has 1 aromatic rings. The van der Waals surface area contributed by atoms with Crippen molar-refractivity contribution in [3.8, 4) is 0 Å². The number of methoxy groups -OCH3 is 1. The molecule has 1 aromatic heterocycles. The molecule has 0 atom stereocenters. The van der Waals surface area contributed by atoms with Gasteiger partial charge in [0.1, 0.15) is 0 Å². The highest BCUT2D eigenvalue weighted by Crippen LogP contribution is 2.30. The molecule has 0 saturated carbocycles. The predicted octanol–water partition coefficient (Wildman–Crippen LogP) is 1.55. The summed E-state index contributed by atoms with van der Waals surface area (Å²) in [7, 11) is 1.28. The molecular weight excluding hydrogens is 290 g/mol. The van der Waals surface area contributed by atoms with Gasteiger partial charge < -0.3 is 15.0 Å². The summed E-state index contributed by atoms with van der Waals surface area (Å²) < 4.78 is 4.61. The van der Waals surface area contributed by atoms with Crippen molar-refractivity contribution >= 4 is 39.9 Å². The van der Waals surface area contributed by atoms with E-state index in [1.807, 2.05) is 13.8 Å². The number of nitrogens with zero attached hydrogens (tertiary/aromatic N) is 2. The Balaban J connectivity index is 2.87. The van der Waals surface area contributed by atoms with Crippen molar-refractivity contribution < 1.29 is 14.3 Å². The van der Waals surface area contributed by atoms with Gasteiger partial charge in [-0.25, -0.2) is 9.78 Å². The lowest BCUT2D eigenvalue weighted by Crippen LogP contribution is -2.37. The number of esters is 1. The maximum atomic E-state index is 11.6. The molecule has 0 aliphatic carbocycles. The fraction of sp³-hybridized carbons (Fsp3) is 0.545. The first-order valence-corrected chi connectivity index (χ1v) is 6.99. The number of nitrogens with one attached hydrogen (secondary N) is 1. The minimum absolute atomic E-state index is 0.0983. The molecule has 0 spiro atoms. The van der Waals surface area contributed by atoms with Gasteiger partial charge in [-0.05, 0) is 13.8 Å². The van der Waals surface area contributed by atoms with Gasteiger partial charge >= 0.3 is 5.97 Å². The van der Waals surface area contributed by atoms with Crippen LogP contribution in [0.1, 0.15) is 23.5 Å². The summed E-state index contributed by atoms with van der Waals surface area (Å²) in [6.45, 7) is 5.08. The average Bonchev–Trinajstić information content (AvgIpc) is 2.77. The Morgan fingerprint density at radius 1 is 1.47 bits per heavy atom. The first kappa shape index (κ1) is 15.7. The van der Waals surface area contributed by atoms with Crippen molar-refractivity contribution in [3.63, 3.8) is 0 Å². The van der Waals surface area contributed by atoms with Crippen LogP contribution in [0.2, 0.25) is 5.15 Å². The number of rotatable bonds is 6. The zero-order valence-electron chi connectivity index (χ0n) is 11.0. The van der Waals surface area contributed by atoms with E-state index in [0.717, 1.165) is 11.3 Å². The number of anilines is 1. The maximum absolute atomic E-state index is 11.6. The van der Waals surface area contributed by atoms with Crippen LogP contribution in [-0.2, 0) is 9.53 Å². The van der Waals surface area contributed by atoms with Crippen LogP contribution in [0.4, 0.5) is 5.13 Å². The molecule has 0 saturated heterocycles. The Morgan fingerprint density at radius 2 is 2.16 bits per heavy atom. The lowest BCUT2D eigenvalue weighted by Gasteiger charge is -2.18. The highest BCUT2D eigenvalue weighted by molar-refractivity contribution is 7.18. The second-order valence-corrected chi connectivity index (χ2v) is 4.91. The van der Waals surface area contributed by atoms with Gasteiger partial charge in [-0.15, -0.1) is 0 Å². The molecule has 6 nitrogen and oxygen atoms in total. The van der Waals surface area contributed by atoms with Crippen molar-refractivity contribution in [1.82, 2.24) is 10.3 Å². The summed E-state index contributed by atoms with van der Waals surface area (Å²) in [5.41, 5.74) is 0. The molecule has 0 aliphatic rings. The van der Waals surface area contributed by atoms with Crippen molar-refractivity contribution in [3.05, 3.63) is 10.0 Å². The molecule has 1 heterocycles. The van der Waals surface area contributed by atoms with Gasteiger partial charge in [-0.1, -0.05) is 22.9 Å². The molecule has 0 aromatic carbocycles. The van der Waals surface area contributed by atoms with E-state index in [-0.39, 0.29) is 22.5 Å². The van der Waals surface area contributed by atoms with Gasteiger partial charge in [-0.2, -0.15) is 0 Å². The zero-order chi connectivity index (χ0) is 14.4. The highest BCUT2D eigenvalue weighted by atomic mass is 35.5. The van der Waals surface area contributed by atoms with E-state index in [4.69, 9.17) is 11.6 Å². The molecule has 106 valence electrons. The summed E-state index contributed by atoms with van der Waals surface area (Å²) in [6, 6.07) is 0. The molecule has 0 fully saturated rings. The third-order valence-corrected chi connectivity index (χ3v) is 3.79. The molecule has 0 aliphatic heterocycles. The van der Waals surface area contributed by atoms with Gasteiger partial charge in [0.05, 0.1) is 13.7 Å². The Labute approximate surface area is 120 Å². The van der Waals surface area contributed by atoms with Gasteiger partial charge in [0.2, 0.25) is 5.91 Å². The van der Waals surface area contributed by atoms with Crippen LogP contribution in [0.3, 0.4) is 0 Å². The maximum Gasteiger partial charge on any atom is 0.351 e. The predicted molar refractivity (Wildman–Crippen MR) is 75.0 cm³/mol. The minimum Gasteiger partial charge on any atom is -0.465 e. The molecule has 19 heavy (non-hydrogen) atoms. The van der Waals surface area contributed by atoms with E-state index in [1.165, 1.54) is 7.11 Å². The highest BCUT2D eigenvalue weighted by Gasteiger charge is 2.21. The largest absolute Gasteiger partial charge is 0.465 e. The van der Waals surface area contributed by atoms with E-state index in [1.54, 1.807) is 4.90 Å². The smallest absolute Gasteiger partial charge is 0.351 e. The third-order valence-electron chi connectivity index (χ3n) is 2.31. The molecule has 0 bridgehead atoms. The number of hydrogen-bond acceptors (Lipinski definition) is 6.